The van der Waals surface area contributed by atoms with Crippen LogP contribution in [-0.4, -0.2) is 29.7 Å². The van der Waals surface area contributed by atoms with Gasteiger partial charge in [-0.25, -0.2) is 0 Å². The van der Waals surface area contributed by atoms with Crippen LogP contribution in [0.15, 0.2) is 0 Å². The Morgan fingerprint density at radius 2 is 2.15 bits per heavy atom. The standard InChI is InChI=1S/C9H17ClO3/c1-7(2)4-3-5-13-6-8(10)9(11)12/h7-8H,3-6H2,1-2H3,(H,11,12). The van der Waals surface area contributed by atoms with Crippen molar-refractivity contribution >= 4 is 17.6 Å². The highest BCUT2D eigenvalue weighted by Crippen LogP contribution is 2.04. The molecule has 0 aromatic rings. The Kier molecular flexibility index (Phi) is 7.00. The van der Waals surface area contributed by atoms with E-state index >= 15 is 0 Å². The van der Waals surface area contributed by atoms with Crippen molar-refractivity contribution in [1.29, 1.82) is 0 Å². The third-order valence-electron chi connectivity index (χ3n) is 1.60. The summed E-state index contributed by atoms with van der Waals surface area (Å²) in [5.74, 6) is -0.361. The molecule has 13 heavy (non-hydrogen) atoms. The molecule has 1 N–H and O–H groups in total. The van der Waals surface area contributed by atoms with Crippen LogP contribution in [0.3, 0.4) is 0 Å². The van der Waals surface area contributed by atoms with Gasteiger partial charge in [0.05, 0.1) is 6.61 Å². The van der Waals surface area contributed by atoms with Crippen LogP contribution in [0, 0.1) is 5.92 Å². The van der Waals surface area contributed by atoms with Gasteiger partial charge in [0.25, 0.3) is 0 Å². The van der Waals surface area contributed by atoms with E-state index in [9.17, 15) is 4.79 Å². The molecule has 0 saturated carbocycles. The van der Waals surface area contributed by atoms with Gasteiger partial charge in [0.1, 0.15) is 0 Å². The van der Waals surface area contributed by atoms with Gasteiger partial charge in [-0.2, -0.15) is 0 Å². The second-order valence-corrected chi connectivity index (χ2v) is 3.94. The summed E-state index contributed by atoms with van der Waals surface area (Å²) in [6.45, 7) is 4.97. The summed E-state index contributed by atoms with van der Waals surface area (Å²) >= 11 is 5.43. The number of carboxylic acids is 1. The van der Waals surface area contributed by atoms with Gasteiger partial charge in [-0.05, 0) is 18.8 Å². The molecule has 0 aromatic carbocycles. The van der Waals surface area contributed by atoms with Gasteiger partial charge in [0.15, 0.2) is 5.38 Å². The summed E-state index contributed by atoms with van der Waals surface area (Å²) in [7, 11) is 0. The highest BCUT2D eigenvalue weighted by molar-refractivity contribution is 6.29. The maximum Gasteiger partial charge on any atom is 0.324 e. The molecule has 0 aromatic heterocycles. The molecule has 0 aliphatic carbocycles. The molecule has 0 bridgehead atoms. The first-order chi connectivity index (χ1) is 6.04. The van der Waals surface area contributed by atoms with Crippen molar-refractivity contribution in [3.63, 3.8) is 0 Å². The number of hydrogen-bond donors (Lipinski definition) is 1. The van der Waals surface area contributed by atoms with Crippen molar-refractivity contribution in [2.24, 2.45) is 5.92 Å². The topological polar surface area (TPSA) is 46.5 Å². The minimum absolute atomic E-state index is 0.0922. The Labute approximate surface area is 84.0 Å². The summed E-state index contributed by atoms with van der Waals surface area (Å²) in [5.41, 5.74) is 0. The fourth-order valence-electron chi connectivity index (χ4n) is 0.852. The fraction of sp³-hybridized carbons (Fsp3) is 0.889. The van der Waals surface area contributed by atoms with E-state index in [1.54, 1.807) is 0 Å². The van der Waals surface area contributed by atoms with E-state index < -0.39 is 11.3 Å². The summed E-state index contributed by atoms with van der Waals surface area (Å²) in [4.78, 5) is 10.3. The number of carboxylic acid groups (broad SMARTS) is 1. The predicted molar refractivity (Wildman–Crippen MR) is 52.2 cm³/mol. The maximum absolute atomic E-state index is 10.3. The number of rotatable bonds is 7. The molecule has 4 heteroatoms. The molecule has 0 rings (SSSR count). The van der Waals surface area contributed by atoms with Gasteiger partial charge in [-0.1, -0.05) is 13.8 Å². The SMILES string of the molecule is CC(C)CCCOCC(Cl)C(=O)O. The summed E-state index contributed by atoms with van der Waals surface area (Å²) in [6.07, 6.45) is 2.06. The molecular formula is C9H17ClO3. The molecule has 0 spiro atoms. The van der Waals surface area contributed by atoms with Crippen LogP contribution in [0.4, 0.5) is 0 Å². The molecule has 0 radical (unpaired) electrons. The molecule has 0 amide bonds. The van der Waals surface area contributed by atoms with Gasteiger partial charge >= 0.3 is 5.97 Å². The number of hydrogen-bond acceptors (Lipinski definition) is 2. The van der Waals surface area contributed by atoms with Crippen molar-refractivity contribution in [3.8, 4) is 0 Å². The van der Waals surface area contributed by atoms with Gasteiger partial charge in [0, 0.05) is 6.61 Å². The lowest BCUT2D eigenvalue weighted by molar-refractivity contribution is -0.137. The molecule has 1 unspecified atom stereocenters. The van der Waals surface area contributed by atoms with E-state index in [0.717, 1.165) is 12.8 Å². The first-order valence-electron chi connectivity index (χ1n) is 4.48. The Balaban J connectivity index is 3.21. The van der Waals surface area contributed by atoms with Gasteiger partial charge < -0.3 is 9.84 Å². The molecule has 78 valence electrons. The molecule has 0 fully saturated rings. The van der Waals surface area contributed by atoms with E-state index in [-0.39, 0.29) is 6.61 Å². The lowest BCUT2D eigenvalue weighted by Gasteiger charge is -2.07. The van der Waals surface area contributed by atoms with Crippen molar-refractivity contribution < 1.29 is 14.6 Å². The molecule has 0 heterocycles. The Bertz CT molecular complexity index is 148. The number of carbonyl (C=O) groups is 1. The first-order valence-corrected chi connectivity index (χ1v) is 4.92. The van der Waals surface area contributed by atoms with Crippen molar-refractivity contribution in [2.45, 2.75) is 32.1 Å². The monoisotopic (exact) mass is 208 g/mol. The summed E-state index contributed by atoms with van der Waals surface area (Å²) < 4.78 is 5.09. The predicted octanol–water partition coefficient (Wildman–Crippen LogP) is 2.13. The molecular weight excluding hydrogens is 192 g/mol. The third kappa shape index (κ3) is 8.06. The van der Waals surface area contributed by atoms with Crippen LogP contribution in [0.25, 0.3) is 0 Å². The lowest BCUT2D eigenvalue weighted by atomic mass is 10.1. The van der Waals surface area contributed by atoms with Crippen LogP contribution in [0.1, 0.15) is 26.7 Å². The normalized spacial score (nSPS) is 13.2. The summed E-state index contributed by atoms with van der Waals surface area (Å²) in [6, 6.07) is 0. The first kappa shape index (κ1) is 12.7. The lowest BCUT2D eigenvalue weighted by Crippen LogP contribution is -2.20. The maximum atomic E-state index is 10.3. The van der Waals surface area contributed by atoms with E-state index in [1.165, 1.54) is 0 Å². The number of aliphatic carboxylic acids is 1. The highest BCUT2D eigenvalue weighted by atomic mass is 35.5. The second kappa shape index (κ2) is 7.15. The smallest absolute Gasteiger partial charge is 0.324 e. The van der Waals surface area contributed by atoms with Gasteiger partial charge in [0.2, 0.25) is 0 Å². The van der Waals surface area contributed by atoms with Gasteiger partial charge in [-0.15, -0.1) is 11.6 Å². The highest BCUT2D eigenvalue weighted by Gasteiger charge is 2.12. The van der Waals surface area contributed by atoms with Crippen LogP contribution < -0.4 is 0 Å². The number of halogens is 1. The van der Waals surface area contributed by atoms with Crippen LogP contribution >= 0.6 is 11.6 Å². The zero-order chi connectivity index (χ0) is 10.3. The zero-order valence-corrected chi connectivity index (χ0v) is 8.88. The van der Waals surface area contributed by atoms with E-state index in [0.29, 0.717) is 12.5 Å². The molecule has 0 aliphatic rings. The third-order valence-corrected chi connectivity index (χ3v) is 1.91. The van der Waals surface area contributed by atoms with Crippen molar-refractivity contribution in [1.82, 2.24) is 0 Å². The van der Waals surface area contributed by atoms with E-state index in [4.69, 9.17) is 21.4 Å². The van der Waals surface area contributed by atoms with E-state index in [2.05, 4.69) is 13.8 Å². The Morgan fingerprint density at radius 3 is 2.62 bits per heavy atom. The average molecular weight is 209 g/mol. The van der Waals surface area contributed by atoms with Gasteiger partial charge in [-0.3, -0.25) is 4.79 Å². The largest absolute Gasteiger partial charge is 0.480 e. The molecule has 3 nitrogen and oxygen atoms in total. The number of alkyl halides is 1. The van der Waals surface area contributed by atoms with Crippen LogP contribution in [0.5, 0.6) is 0 Å². The van der Waals surface area contributed by atoms with Crippen molar-refractivity contribution in [2.75, 3.05) is 13.2 Å². The quantitative estimate of drug-likeness (QED) is 0.515. The molecule has 0 saturated heterocycles. The van der Waals surface area contributed by atoms with Crippen molar-refractivity contribution in [3.05, 3.63) is 0 Å². The second-order valence-electron chi connectivity index (χ2n) is 3.42. The Morgan fingerprint density at radius 1 is 1.54 bits per heavy atom. The Hall–Kier alpha value is -0.280. The zero-order valence-electron chi connectivity index (χ0n) is 8.12. The summed E-state index contributed by atoms with van der Waals surface area (Å²) in [5, 5.41) is 7.50. The number of ether oxygens (including phenoxy) is 1. The van der Waals surface area contributed by atoms with Crippen LogP contribution in [0.2, 0.25) is 0 Å². The average Bonchev–Trinajstić information content (AvgIpc) is 2.02. The molecule has 1 atom stereocenters. The van der Waals surface area contributed by atoms with Crippen LogP contribution in [-0.2, 0) is 9.53 Å². The minimum atomic E-state index is -1.02. The van der Waals surface area contributed by atoms with E-state index in [1.807, 2.05) is 0 Å². The fourth-order valence-corrected chi connectivity index (χ4v) is 0.941. The minimum Gasteiger partial charge on any atom is -0.480 e. The molecule has 0 aliphatic heterocycles.